The second kappa shape index (κ2) is 8.06. The van der Waals surface area contributed by atoms with Gasteiger partial charge in [0, 0.05) is 23.4 Å². The maximum absolute atomic E-state index is 13.7. The standard InChI is InChI=1S/C28H30N2O5S2/c1-27(2)15-20-16-28(3,17-27)18-30(20)37(33,34)22-8-6-7-19(13-22)29-36(31,32)21-11-12-26-24(14-21)23-9-4-5-10-25(23)35-26/h4-14,20,29H,15-18H2,1-3H3/t20-,28-/m0/s1. The van der Waals surface area contributed by atoms with Crippen molar-refractivity contribution in [2.45, 2.75) is 55.9 Å². The molecule has 3 aromatic carbocycles. The fraction of sp³-hybridized carbons (Fsp3) is 0.357. The molecular weight excluding hydrogens is 508 g/mol. The van der Waals surface area contributed by atoms with Crippen molar-refractivity contribution < 1.29 is 21.3 Å². The molecule has 7 nitrogen and oxygen atoms in total. The predicted octanol–water partition coefficient (Wildman–Crippen LogP) is 5.98. The Morgan fingerprint density at radius 3 is 2.41 bits per heavy atom. The van der Waals surface area contributed by atoms with Crippen LogP contribution in [0.2, 0.25) is 0 Å². The molecular formula is C28H30N2O5S2. The molecule has 0 radical (unpaired) electrons. The summed E-state index contributed by atoms with van der Waals surface area (Å²) in [5.74, 6) is 0. The van der Waals surface area contributed by atoms with Crippen LogP contribution in [0, 0.1) is 10.8 Å². The first-order valence-electron chi connectivity index (χ1n) is 12.4. The normalized spacial score (nSPS) is 24.0. The number of hydrogen-bond donors (Lipinski definition) is 1. The summed E-state index contributed by atoms with van der Waals surface area (Å²) in [5.41, 5.74) is 1.52. The van der Waals surface area contributed by atoms with E-state index in [0.29, 0.717) is 23.1 Å². The second-order valence-electron chi connectivity index (χ2n) is 11.7. The summed E-state index contributed by atoms with van der Waals surface area (Å²) in [6.07, 6.45) is 2.66. The van der Waals surface area contributed by atoms with E-state index in [2.05, 4.69) is 25.5 Å². The summed E-state index contributed by atoms with van der Waals surface area (Å²) >= 11 is 0. The topological polar surface area (TPSA) is 96.7 Å². The number of nitrogens with one attached hydrogen (secondary N) is 1. The highest BCUT2D eigenvalue weighted by Crippen LogP contribution is 2.53. The molecule has 2 fully saturated rings. The Bertz CT molecular complexity index is 1760. The second-order valence-corrected chi connectivity index (χ2v) is 15.2. The summed E-state index contributed by atoms with van der Waals surface area (Å²) < 4.78 is 64.0. The number of rotatable bonds is 5. The average molecular weight is 539 g/mol. The van der Waals surface area contributed by atoms with Gasteiger partial charge in [0.15, 0.2) is 0 Å². The van der Waals surface area contributed by atoms with Crippen molar-refractivity contribution in [3.8, 4) is 0 Å². The third-order valence-electron chi connectivity index (χ3n) is 7.72. The van der Waals surface area contributed by atoms with E-state index in [0.717, 1.165) is 24.6 Å². The largest absolute Gasteiger partial charge is 0.456 e. The SMILES string of the molecule is CC1(C)C[C@H]2C[C@](C)(CN2S(=O)(=O)c2cccc(NS(=O)(=O)c3ccc4oc5ccccc5c4c3)c2)C1. The number of fused-ring (bicyclic) bond motifs is 5. The van der Waals surface area contributed by atoms with Crippen LogP contribution in [0.5, 0.6) is 0 Å². The Hall–Kier alpha value is -2.88. The maximum Gasteiger partial charge on any atom is 0.261 e. The summed E-state index contributed by atoms with van der Waals surface area (Å²) in [6, 6.07) is 18.2. The van der Waals surface area contributed by atoms with Crippen LogP contribution in [-0.4, -0.2) is 33.7 Å². The Kier molecular flexibility index (Phi) is 5.33. The van der Waals surface area contributed by atoms with E-state index in [1.165, 1.54) is 18.2 Å². The highest BCUT2D eigenvalue weighted by molar-refractivity contribution is 7.92. The molecule has 2 aliphatic rings. The third kappa shape index (κ3) is 4.23. The minimum absolute atomic E-state index is 0.0457. The maximum atomic E-state index is 13.7. The van der Waals surface area contributed by atoms with Gasteiger partial charge >= 0.3 is 0 Å². The number of anilines is 1. The van der Waals surface area contributed by atoms with Gasteiger partial charge in [-0.3, -0.25) is 4.72 Å². The molecule has 2 bridgehead atoms. The lowest BCUT2D eigenvalue weighted by molar-refractivity contribution is 0.133. The minimum Gasteiger partial charge on any atom is -0.456 e. The monoisotopic (exact) mass is 538 g/mol. The van der Waals surface area contributed by atoms with Gasteiger partial charge in [0.2, 0.25) is 10.0 Å². The average Bonchev–Trinajstić information content (AvgIpc) is 3.31. The molecule has 4 aromatic rings. The van der Waals surface area contributed by atoms with Crippen LogP contribution in [0.1, 0.15) is 40.0 Å². The van der Waals surface area contributed by atoms with Crippen LogP contribution in [0.3, 0.4) is 0 Å². The van der Waals surface area contributed by atoms with Crippen LogP contribution < -0.4 is 4.72 Å². The van der Waals surface area contributed by atoms with Gasteiger partial charge in [-0.2, -0.15) is 4.31 Å². The van der Waals surface area contributed by atoms with E-state index in [1.54, 1.807) is 28.6 Å². The van der Waals surface area contributed by atoms with E-state index in [4.69, 9.17) is 4.42 Å². The van der Waals surface area contributed by atoms with Crippen molar-refractivity contribution in [3.05, 3.63) is 66.7 Å². The number of hydrogen-bond acceptors (Lipinski definition) is 5. The van der Waals surface area contributed by atoms with E-state index >= 15 is 0 Å². The summed E-state index contributed by atoms with van der Waals surface area (Å²) in [4.78, 5) is 0.168. The van der Waals surface area contributed by atoms with Gasteiger partial charge in [-0.25, -0.2) is 16.8 Å². The quantitative estimate of drug-likeness (QED) is 0.337. The molecule has 6 rings (SSSR count). The zero-order chi connectivity index (χ0) is 26.2. The Morgan fingerprint density at radius 2 is 1.59 bits per heavy atom. The number of sulfonamides is 2. The van der Waals surface area contributed by atoms with Gasteiger partial charge in [-0.1, -0.05) is 45.0 Å². The zero-order valence-electron chi connectivity index (χ0n) is 21.1. The highest BCUT2D eigenvalue weighted by Gasteiger charge is 2.53. The van der Waals surface area contributed by atoms with E-state index < -0.39 is 20.0 Å². The van der Waals surface area contributed by atoms with Gasteiger partial charge in [0.1, 0.15) is 11.2 Å². The Balaban J connectivity index is 1.30. The van der Waals surface area contributed by atoms with Gasteiger partial charge < -0.3 is 4.42 Å². The molecule has 1 N–H and O–H groups in total. The molecule has 9 heteroatoms. The van der Waals surface area contributed by atoms with Crippen molar-refractivity contribution in [2.24, 2.45) is 10.8 Å². The van der Waals surface area contributed by atoms with Crippen molar-refractivity contribution in [1.29, 1.82) is 0 Å². The molecule has 2 heterocycles. The molecule has 0 amide bonds. The van der Waals surface area contributed by atoms with Crippen LogP contribution >= 0.6 is 0 Å². The van der Waals surface area contributed by atoms with Crippen molar-refractivity contribution >= 4 is 47.7 Å². The van der Waals surface area contributed by atoms with Crippen LogP contribution in [0.15, 0.2) is 80.9 Å². The molecule has 1 aromatic heterocycles. The van der Waals surface area contributed by atoms with Gasteiger partial charge in [-0.05, 0) is 72.6 Å². The Morgan fingerprint density at radius 1 is 0.838 bits per heavy atom. The van der Waals surface area contributed by atoms with Gasteiger partial charge in [-0.15, -0.1) is 0 Å². The molecule has 1 aliphatic carbocycles. The fourth-order valence-corrected chi connectivity index (χ4v) is 9.53. The summed E-state index contributed by atoms with van der Waals surface area (Å²) in [5, 5.41) is 1.53. The summed E-state index contributed by atoms with van der Waals surface area (Å²) in [7, 11) is -7.76. The van der Waals surface area contributed by atoms with E-state index in [1.807, 2.05) is 24.3 Å². The smallest absolute Gasteiger partial charge is 0.261 e. The van der Waals surface area contributed by atoms with Crippen molar-refractivity contribution in [1.82, 2.24) is 4.31 Å². The van der Waals surface area contributed by atoms with Gasteiger partial charge in [0.25, 0.3) is 10.0 Å². The molecule has 2 atom stereocenters. The zero-order valence-corrected chi connectivity index (χ0v) is 22.7. The lowest BCUT2D eigenvalue weighted by Gasteiger charge is -2.39. The first kappa shape index (κ1) is 24.5. The van der Waals surface area contributed by atoms with E-state index in [9.17, 15) is 16.8 Å². The Labute approximate surface area is 217 Å². The van der Waals surface area contributed by atoms with Crippen LogP contribution in [0.25, 0.3) is 21.9 Å². The number of para-hydroxylation sites is 1. The molecule has 37 heavy (non-hydrogen) atoms. The lowest BCUT2D eigenvalue weighted by atomic mass is 9.65. The van der Waals surface area contributed by atoms with Crippen LogP contribution in [0.4, 0.5) is 5.69 Å². The highest BCUT2D eigenvalue weighted by atomic mass is 32.2. The van der Waals surface area contributed by atoms with Gasteiger partial charge in [0.05, 0.1) is 15.5 Å². The minimum atomic E-state index is -3.97. The third-order valence-corrected chi connectivity index (χ3v) is 11.0. The van der Waals surface area contributed by atoms with E-state index in [-0.39, 0.29) is 32.4 Å². The molecule has 194 valence electrons. The first-order chi connectivity index (χ1) is 17.4. The fourth-order valence-electron chi connectivity index (χ4n) is 6.63. The molecule has 0 unspecified atom stereocenters. The number of nitrogens with zero attached hydrogens (tertiary/aromatic N) is 1. The summed E-state index contributed by atoms with van der Waals surface area (Å²) in [6.45, 7) is 7.05. The number of benzene rings is 3. The first-order valence-corrected chi connectivity index (χ1v) is 15.3. The van der Waals surface area contributed by atoms with Crippen LogP contribution in [-0.2, 0) is 20.0 Å². The predicted molar refractivity (Wildman–Crippen MR) is 144 cm³/mol. The number of furan rings is 1. The molecule has 0 spiro atoms. The molecule has 1 aliphatic heterocycles. The molecule has 1 saturated carbocycles. The van der Waals surface area contributed by atoms with Crippen molar-refractivity contribution in [2.75, 3.05) is 11.3 Å². The van der Waals surface area contributed by atoms with Crippen molar-refractivity contribution in [3.63, 3.8) is 0 Å². The lowest BCUT2D eigenvalue weighted by Crippen LogP contribution is -2.37. The molecule has 1 saturated heterocycles.